The molecule has 0 spiro atoms. The van der Waals surface area contributed by atoms with Gasteiger partial charge in [-0.15, -0.1) is 0 Å². The Hall–Kier alpha value is 0.943. The maximum atomic E-state index is 4.93. The third-order valence-electron chi connectivity index (χ3n) is 4.06. The van der Waals surface area contributed by atoms with Gasteiger partial charge in [0.2, 0.25) is 0 Å². The molecule has 3 heteroatoms. The van der Waals surface area contributed by atoms with E-state index in [9.17, 15) is 0 Å². The maximum absolute atomic E-state index is 4.93. The van der Waals surface area contributed by atoms with Crippen molar-refractivity contribution >= 4 is 17.0 Å². The summed E-state index contributed by atoms with van der Waals surface area (Å²) in [6.07, 6.45) is 22.3. The third-order valence-corrected chi connectivity index (χ3v) is 4.06. The van der Waals surface area contributed by atoms with Crippen LogP contribution in [0.15, 0.2) is 23.8 Å². The summed E-state index contributed by atoms with van der Waals surface area (Å²) in [5.74, 6) is 1.00. The third kappa shape index (κ3) is 19.1. The van der Waals surface area contributed by atoms with Crippen LogP contribution in [0.3, 0.4) is 0 Å². The molecule has 0 saturated carbocycles. The van der Waals surface area contributed by atoms with E-state index >= 15 is 0 Å². The van der Waals surface area contributed by atoms with Crippen LogP contribution in [0.2, 0.25) is 0 Å². The quantitative estimate of drug-likeness (QED) is 0.286. The van der Waals surface area contributed by atoms with Crippen molar-refractivity contribution < 1.29 is 20.8 Å². The number of hydrogen-bond donors (Lipinski definition) is 0. The molecule has 0 N–H and O–H groups in total. The van der Waals surface area contributed by atoms with Gasteiger partial charge in [0.05, 0.1) is 0 Å². The van der Waals surface area contributed by atoms with Gasteiger partial charge in [0.1, 0.15) is 0 Å². The van der Waals surface area contributed by atoms with E-state index in [1.807, 2.05) is 0 Å². The number of unbranched alkanes of at least 4 members (excludes halogenated alkanes) is 2. The van der Waals surface area contributed by atoms with Gasteiger partial charge in [-0.3, -0.25) is 0 Å². The average Bonchev–Trinajstić information content (AvgIpc) is 3.18. The molecular weight excluding hydrogens is 402 g/mol. The minimum atomic E-state index is -0.826. The fourth-order valence-corrected chi connectivity index (χ4v) is 2.77. The van der Waals surface area contributed by atoms with Gasteiger partial charge in [0.25, 0.3) is 0 Å². The van der Waals surface area contributed by atoms with Crippen LogP contribution in [0.25, 0.3) is 0 Å². The molecule has 2 rings (SSSR count). The first-order valence-electron chi connectivity index (χ1n) is 8.57. The summed E-state index contributed by atoms with van der Waals surface area (Å²) < 4.78 is 0. The summed E-state index contributed by atoms with van der Waals surface area (Å²) >= 11 is -0.826. The first-order chi connectivity index (χ1) is 10.3. The molecule has 0 amide bonds. The Morgan fingerprint density at radius 2 is 1.61 bits per heavy atom. The Balaban J connectivity index is -0.000000277. The van der Waals surface area contributed by atoms with Gasteiger partial charge < -0.3 is 14.9 Å². The standard InChI is InChI=1S/2C9H16.2CH3.2ClH.Zr/c2*1-2-3-6-9-7-4-5-8-9;;;;;/h7H,2-6,8H2,1H3;4-5,9H,2-3,6-8H2,1H3;2*1H3;2*1H;/q;;2*-1;;;+4/p-2. The number of hydrogen-bond acceptors (Lipinski definition) is 0. The van der Waals surface area contributed by atoms with Gasteiger partial charge in [0, 0.05) is 0 Å². The van der Waals surface area contributed by atoms with E-state index in [2.05, 4.69) is 32.1 Å². The fourth-order valence-electron chi connectivity index (χ4n) is 2.77. The van der Waals surface area contributed by atoms with E-state index in [0.717, 1.165) is 5.92 Å². The van der Waals surface area contributed by atoms with E-state index in [0.29, 0.717) is 0 Å². The molecule has 23 heavy (non-hydrogen) atoms. The Kier molecular flexibility index (Phi) is 28.7. The van der Waals surface area contributed by atoms with Gasteiger partial charge in [0.15, 0.2) is 0 Å². The van der Waals surface area contributed by atoms with E-state index in [-0.39, 0.29) is 14.9 Å². The summed E-state index contributed by atoms with van der Waals surface area (Å²) in [4.78, 5) is 0. The van der Waals surface area contributed by atoms with Crippen molar-refractivity contribution in [2.75, 3.05) is 0 Å². The Bertz CT molecular complexity index is 267. The van der Waals surface area contributed by atoms with Gasteiger partial charge in [-0.1, -0.05) is 56.9 Å². The molecule has 0 aliphatic heterocycles. The molecule has 0 aromatic heterocycles. The van der Waals surface area contributed by atoms with Crippen molar-refractivity contribution in [1.82, 2.24) is 0 Å². The summed E-state index contributed by atoms with van der Waals surface area (Å²) in [5.41, 5.74) is 1.72. The molecule has 0 bridgehead atoms. The zero-order valence-electron chi connectivity index (χ0n) is 15.8. The Morgan fingerprint density at radius 1 is 1.04 bits per heavy atom. The van der Waals surface area contributed by atoms with Gasteiger partial charge >= 0.3 is 37.9 Å². The van der Waals surface area contributed by atoms with Crippen molar-refractivity contribution in [3.05, 3.63) is 38.7 Å². The molecule has 0 radical (unpaired) electrons. The second-order valence-corrected chi connectivity index (χ2v) is 9.61. The SMILES string of the molecule is CCCCC1=CCCC1.CCCCC1CC=CC1.[CH3-].[CH3-].[Cl][Zr+2][Cl]. The molecule has 2 aliphatic carbocycles. The molecule has 0 atom stereocenters. The van der Waals surface area contributed by atoms with Gasteiger partial charge in [-0.05, 0) is 57.3 Å². The van der Waals surface area contributed by atoms with E-state index in [1.54, 1.807) is 5.57 Å². The average molecular weight is 441 g/mol. The van der Waals surface area contributed by atoms with Crippen LogP contribution >= 0.6 is 17.0 Å². The molecule has 0 aromatic carbocycles. The number of allylic oxidation sites excluding steroid dienone is 4. The topological polar surface area (TPSA) is 0 Å². The van der Waals surface area contributed by atoms with Crippen LogP contribution in [0.4, 0.5) is 0 Å². The van der Waals surface area contributed by atoms with Crippen molar-refractivity contribution in [3.63, 3.8) is 0 Å². The molecule has 0 nitrogen and oxygen atoms in total. The van der Waals surface area contributed by atoms with Crippen LogP contribution in [0.1, 0.15) is 84.5 Å². The molecule has 0 fully saturated rings. The van der Waals surface area contributed by atoms with Crippen molar-refractivity contribution in [1.29, 1.82) is 0 Å². The van der Waals surface area contributed by atoms with Gasteiger partial charge in [-0.2, -0.15) is 0 Å². The molecule has 0 unspecified atom stereocenters. The van der Waals surface area contributed by atoms with Crippen molar-refractivity contribution in [2.45, 2.75) is 84.5 Å². The first kappa shape index (κ1) is 28.7. The zero-order chi connectivity index (χ0) is 15.8. The van der Waals surface area contributed by atoms with E-state index in [1.165, 1.54) is 70.6 Å². The summed E-state index contributed by atoms with van der Waals surface area (Å²) in [6.45, 7) is 4.53. The van der Waals surface area contributed by atoms with Crippen molar-refractivity contribution in [2.24, 2.45) is 5.92 Å². The minimum absolute atomic E-state index is 0. The molecule has 136 valence electrons. The second-order valence-electron chi connectivity index (χ2n) is 5.88. The summed E-state index contributed by atoms with van der Waals surface area (Å²) in [7, 11) is 9.87. The molecule has 2 aliphatic rings. The van der Waals surface area contributed by atoms with E-state index in [4.69, 9.17) is 17.0 Å². The van der Waals surface area contributed by atoms with Crippen LogP contribution in [-0.2, 0) is 20.8 Å². The van der Waals surface area contributed by atoms with Gasteiger partial charge in [-0.25, -0.2) is 0 Å². The normalized spacial score (nSPS) is 15.0. The van der Waals surface area contributed by atoms with E-state index < -0.39 is 20.8 Å². The zero-order valence-corrected chi connectivity index (χ0v) is 19.8. The second kappa shape index (κ2) is 22.9. The fraction of sp³-hybridized carbons (Fsp3) is 0.700. The molecular formula is C20H38Cl2Zr. The number of halogens is 2. The Morgan fingerprint density at radius 3 is 2.04 bits per heavy atom. The molecule has 0 heterocycles. The summed E-state index contributed by atoms with van der Waals surface area (Å²) in [6, 6.07) is 0. The molecule has 0 saturated heterocycles. The predicted octanol–water partition coefficient (Wildman–Crippen LogP) is 8.71. The first-order valence-corrected chi connectivity index (χ1v) is 14.9. The predicted molar refractivity (Wildman–Crippen MR) is 107 cm³/mol. The van der Waals surface area contributed by atoms with Crippen LogP contribution in [-0.4, -0.2) is 0 Å². The Labute approximate surface area is 166 Å². The monoisotopic (exact) mass is 438 g/mol. The van der Waals surface area contributed by atoms with Crippen molar-refractivity contribution in [3.8, 4) is 0 Å². The van der Waals surface area contributed by atoms with Crippen LogP contribution in [0.5, 0.6) is 0 Å². The molecule has 0 aromatic rings. The van der Waals surface area contributed by atoms with Crippen LogP contribution in [0, 0.1) is 20.8 Å². The summed E-state index contributed by atoms with van der Waals surface area (Å²) in [5, 5.41) is 0. The van der Waals surface area contributed by atoms with Crippen LogP contribution < -0.4 is 0 Å². The number of rotatable bonds is 6.